The normalized spacial score (nSPS) is 18.5. The van der Waals surface area contributed by atoms with Crippen molar-refractivity contribution in [3.8, 4) is 0 Å². The highest BCUT2D eigenvalue weighted by Gasteiger charge is 2.23. The molecule has 0 spiro atoms. The van der Waals surface area contributed by atoms with Crippen molar-refractivity contribution in [3.05, 3.63) is 16.1 Å². The van der Waals surface area contributed by atoms with Crippen molar-refractivity contribution in [2.45, 2.75) is 25.9 Å². The van der Waals surface area contributed by atoms with Gasteiger partial charge in [-0.05, 0) is 13.3 Å². The molecule has 1 aromatic rings. The zero-order chi connectivity index (χ0) is 15.2. The Morgan fingerprint density at radius 1 is 1.48 bits per heavy atom. The Morgan fingerprint density at radius 2 is 2.29 bits per heavy atom. The number of carbonyl (C=O) groups excluding carboxylic acids is 1. The second kappa shape index (κ2) is 7.84. The van der Waals surface area contributed by atoms with Crippen LogP contribution in [-0.2, 0) is 16.1 Å². The zero-order valence-corrected chi connectivity index (χ0v) is 13.6. The third-order valence-electron chi connectivity index (χ3n) is 3.62. The van der Waals surface area contributed by atoms with E-state index in [0.29, 0.717) is 0 Å². The molecule has 1 aliphatic heterocycles. The average molecular weight is 312 g/mol. The summed E-state index contributed by atoms with van der Waals surface area (Å²) < 4.78 is 4.96. The predicted molar refractivity (Wildman–Crippen MR) is 83.2 cm³/mol. The van der Waals surface area contributed by atoms with Crippen LogP contribution in [0.2, 0.25) is 0 Å². The van der Waals surface area contributed by atoms with E-state index in [-0.39, 0.29) is 12.5 Å². The van der Waals surface area contributed by atoms with Crippen LogP contribution in [0.3, 0.4) is 0 Å². The fraction of sp³-hybridized carbons (Fsp3) is 0.714. The summed E-state index contributed by atoms with van der Waals surface area (Å²) in [6.07, 6.45) is 0.967. The summed E-state index contributed by atoms with van der Waals surface area (Å²) in [7, 11) is 1.56. The number of hydrogen-bond donors (Lipinski definition) is 1. The van der Waals surface area contributed by atoms with Crippen molar-refractivity contribution in [3.63, 3.8) is 0 Å². The highest BCUT2D eigenvalue weighted by atomic mass is 32.1. The number of ether oxygens (including phenoxy) is 1. The second-order valence-corrected chi connectivity index (χ2v) is 6.44. The van der Waals surface area contributed by atoms with Crippen molar-refractivity contribution >= 4 is 17.2 Å². The van der Waals surface area contributed by atoms with Gasteiger partial charge in [0, 0.05) is 45.2 Å². The molecule has 0 bridgehead atoms. The lowest BCUT2D eigenvalue weighted by molar-refractivity contribution is -0.133. The number of nitrogens with two attached hydrogens (primary N) is 1. The van der Waals surface area contributed by atoms with E-state index in [4.69, 9.17) is 10.5 Å². The molecule has 0 radical (unpaired) electrons. The van der Waals surface area contributed by atoms with Gasteiger partial charge in [-0.3, -0.25) is 9.69 Å². The molecule has 21 heavy (non-hydrogen) atoms. The lowest BCUT2D eigenvalue weighted by Crippen LogP contribution is -2.47. The van der Waals surface area contributed by atoms with Gasteiger partial charge in [-0.1, -0.05) is 0 Å². The molecule has 1 amide bonds. The molecule has 0 saturated carbocycles. The Morgan fingerprint density at radius 3 is 2.95 bits per heavy atom. The SMILES string of the molecule is COCC(N)C(=O)N1CCCN(Cc2csc(C)n2)CC1. The van der Waals surface area contributed by atoms with E-state index in [1.807, 2.05) is 11.8 Å². The number of hydrogen-bond acceptors (Lipinski definition) is 6. The highest BCUT2D eigenvalue weighted by Crippen LogP contribution is 2.12. The number of nitrogens with zero attached hydrogens (tertiary/aromatic N) is 3. The first kappa shape index (κ1) is 16.4. The van der Waals surface area contributed by atoms with E-state index in [9.17, 15) is 4.79 Å². The molecule has 118 valence electrons. The fourth-order valence-electron chi connectivity index (χ4n) is 2.54. The maximum Gasteiger partial charge on any atom is 0.241 e. The van der Waals surface area contributed by atoms with Gasteiger partial charge in [-0.2, -0.15) is 0 Å². The Labute approximate surface area is 129 Å². The third kappa shape index (κ3) is 4.74. The molecule has 2 rings (SSSR count). The van der Waals surface area contributed by atoms with Gasteiger partial charge in [-0.15, -0.1) is 11.3 Å². The highest BCUT2D eigenvalue weighted by molar-refractivity contribution is 7.09. The van der Waals surface area contributed by atoms with Crippen LogP contribution >= 0.6 is 11.3 Å². The van der Waals surface area contributed by atoms with Gasteiger partial charge in [0.05, 0.1) is 17.3 Å². The Hall–Kier alpha value is -1.02. The third-order valence-corrected chi connectivity index (χ3v) is 4.44. The van der Waals surface area contributed by atoms with Gasteiger partial charge in [0.2, 0.25) is 5.91 Å². The number of amides is 1. The number of methoxy groups -OCH3 is 1. The Bertz CT molecular complexity index is 466. The summed E-state index contributed by atoms with van der Waals surface area (Å²) in [5, 5.41) is 3.21. The van der Waals surface area contributed by atoms with Gasteiger partial charge in [0.15, 0.2) is 0 Å². The van der Waals surface area contributed by atoms with E-state index in [2.05, 4.69) is 15.3 Å². The molecule has 1 aromatic heterocycles. The first-order chi connectivity index (χ1) is 10.1. The van der Waals surface area contributed by atoms with Crippen molar-refractivity contribution in [1.29, 1.82) is 0 Å². The molecule has 1 aliphatic rings. The number of thiazole rings is 1. The van der Waals surface area contributed by atoms with E-state index in [1.54, 1.807) is 18.4 Å². The summed E-state index contributed by atoms with van der Waals surface area (Å²) in [6.45, 7) is 6.49. The molecule has 0 aromatic carbocycles. The van der Waals surface area contributed by atoms with Gasteiger partial charge in [0.1, 0.15) is 6.04 Å². The zero-order valence-electron chi connectivity index (χ0n) is 12.7. The number of rotatable bonds is 5. The molecule has 6 nitrogen and oxygen atoms in total. The molecular weight excluding hydrogens is 288 g/mol. The van der Waals surface area contributed by atoms with Crippen LogP contribution in [0.15, 0.2) is 5.38 Å². The molecule has 1 atom stereocenters. The lowest BCUT2D eigenvalue weighted by atomic mass is 10.2. The quantitative estimate of drug-likeness (QED) is 0.855. The minimum Gasteiger partial charge on any atom is -0.383 e. The Balaban J connectivity index is 1.85. The largest absolute Gasteiger partial charge is 0.383 e. The molecule has 1 fully saturated rings. The molecule has 1 saturated heterocycles. The minimum absolute atomic E-state index is 0.0109. The molecule has 2 heterocycles. The maximum absolute atomic E-state index is 12.2. The second-order valence-electron chi connectivity index (χ2n) is 5.37. The van der Waals surface area contributed by atoms with Crippen molar-refractivity contribution < 1.29 is 9.53 Å². The summed E-state index contributed by atoms with van der Waals surface area (Å²) in [5.74, 6) is -0.0109. The van der Waals surface area contributed by atoms with E-state index >= 15 is 0 Å². The predicted octanol–water partition coefficient (Wildman–Crippen LogP) is 0.460. The number of carbonyl (C=O) groups is 1. The maximum atomic E-state index is 12.2. The summed E-state index contributed by atoms with van der Waals surface area (Å²) in [4.78, 5) is 20.9. The summed E-state index contributed by atoms with van der Waals surface area (Å²) in [5.41, 5.74) is 6.95. The van der Waals surface area contributed by atoms with Crippen LogP contribution in [0.5, 0.6) is 0 Å². The number of aryl methyl sites for hydroxylation is 1. The minimum atomic E-state index is -0.553. The topological polar surface area (TPSA) is 71.7 Å². The Kier molecular flexibility index (Phi) is 6.10. The summed E-state index contributed by atoms with van der Waals surface area (Å²) >= 11 is 1.68. The van der Waals surface area contributed by atoms with Crippen molar-refractivity contribution in [1.82, 2.24) is 14.8 Å². The smallest absolute Gasteiger partial charge is 0.241 e. The van der Waals surface area contributed by atoms with Crippen molar-refractivity contribution in [2.24, 2.45) is 5.73 Å². The fourth-order valence-corrected chi connectivity index (χ4v) is 3.15. The molecule has 7 heteroatoms. The van der Waals surface area contributed by atoms with Gasteiger partial charge < -0.3 is 15.4 Å². The first-order valence-electron chi connectivity index (χ1n) is 7.27. The van der Waals surface area contributed by atoms with Gasteiger partial charge in [-0.25, -0.2) is 4.98 Å². The van der Waals surface area contributed by atoms with E-state index in [0.717, 1.165) is 49.8 Å². The lowest BCUT2D eigenvalue weighted by Gasteiger charge is -2.24. The van der Waals surface area contributed by atoms with E-state index in [1.165, 1.54) is 0 Å². The van der Waals surface area contributed by atoms with E-state index < -0.39 is 6.04 Å². The van der Waals surface area contributed by atoms with Crippen LogP contribution < -0.4 is 5.73 Å². The summed E-state index contributed by atoms with van der Waals surface area (Å²) in [6, 6.07) is -0.553. The molecule has 1 unspecified atom stereocenters. The van der Waals surface area contributed by atoms with Crippen LogP contribution in [0.1, 0.15) is 17.1 Å². The number of aromatic nitrogens is 1. The van der Waals surface area contributed by atoms with Crippen molar-refractivity contribution in [2.75, 3.05) is 39.9 Å². The van der Waals surface area contributed by atoms with Crippen LogP contribution in [0.25, 0.3) is 0 Å². The molecule has 2 N–H and O–H groups in total. The standard InChI is InChI=1S/C14H24N4O2S/c1-11-16-12(10-21-11)8-17-4-3-5-18(7-6-17)14(19)13(15)9-20-2/h10,13H,3-9,15H2,1-2H3. The monoisotopic (exact) mass is 312 g/mol. The van der Waals surface area contributed by atoms with Crippen LogP contribution in [0.4, 0.5) is 0 Å². The average Bonchev–Trinajstić information content (AvgIpc) is 2.73. The van der Waals surface area contributed by atoms with Gasteiger partial charge in [0.25, 0.3) is 0 Å². The molecular formula is C14H24N4O2S. The van der Waals surface area contributed by atoms with Crippen LogP contribution in [0, 0.1) is 6.92 Å². The van der Waals surface area contributed by atoms with Crippen LogP contribution in [-0.4, -0.2) is 66.6 Å². The van der Waals surface area contributed by atoms with Gasteiger partial charge >= 0.3 is 0 Å². The first-order valence-corrected chi connectivity index (χ1v) is 8.14. The molecule has 0 aliphatic carbocycles.